The van der Waals surface area contributed by atoms with E-state index in [1.54, 1.807) is 24.3 Å². The Balaban J connectivity index is 1.74. The van der Waals surface area contributed by atoms with E-state index in [0.717, 1.165) is 11.3 Å². The van der Waals surface area contributed by atoms with Gasteiger partial charge in [-0.25, -0.2) is 0 Å². The Hall–Kier alpha value is -2.95. The number of hydrogen-bond acceptors (Lipinski definition) is 3. The molecule has 5 nitrogen and oxygen atoms in total. The molecule has 2 amide bonds. The summed E-state index contributed by atoms with van der Waals surface area (Å²) in [4.78, 5) is 37.1. The Morgan fingerprint density at radius 2 is 1.43 bits per heavy atom. The van der Waals surface area contributed by atoms with E-state index in [4.69, 9.17) is 0 Å². The van der Waals surface area contributed by atoms with Gasteiger partial charge >= 0.3 is 0 Å². The molecule has 0 aromatic heterocycles. The second kappa shape index (κ2) is 7.23. The Labute approximate surface area is 165 Å². The molecule has 0 unspecified atom stereocenters. The Bertz CT molecular complexity index is 920. The SMILES string of the molecule is CC(=O)c1ccc(NC(=O)C2(C(=O)Nc3ccccc3C(C)(C)C)CC2)cc1. The topological polar surface area (TPSA) is 75.3 Å². The van der Waals surface area contributed by atoms with Crippen molar-refractivity contribution in [1.82, 2.24) is 0 Å². The van der Waals surface area contributed by atoms with E-state index in [1.165, 1.54) is 6.92 Å². The predicted molar refractivity (Wildman–Crippen MR) is 111 cm³/mol. The van der Waals surface area contributed by atoms with Gasteiger partial charge in [0.15, 0.2) is 5.78 Å². The van der Waals surface area contributed by atoms with Crippen LogP contribution in [-0.2, 0) is 15.0 Å². The van der Waals surface area contributed by atoms with E-state index in [2.05, 4.69) is 31.4 Å². The fraction of sp³-hybridized carbons (Fsp3) is 0.348. The highest BCUT2D eigenvalue weighted by Gasteiger charge is 2.56. The molecule has 28 heavy (non-hydrogen) atoms. The molecule has 1 aliphatic rings. The standard InChI is InChI=1S/C23H26N2O3/c1-15(26)16-9-11-17(12-10-16)24-20(27)23(13-14-23)21(28)25-19-8-6-5-7-18(19)22(2,3)4/h5-12H,13-14H2,1-4H3,(H,24,27)(H,25,28). The van der Waals surface area contributed by atoms with Crippen LogP contribution in [0, 0.1) is 5.41 Å². The van der Waals surface area contributed by atoms with Crippen molar-refractivity contribution in [1.29, 1.82) is 0 Å². The van der Waals surface area contributed by atoms with Crippen molar-refractivity contribution in [3.63, 3.8) is 0 Å². The minimum absolute atomic E-state index is 0.0339. The monoisotopic (exact) mass is 378 g/mol. The summed E-state index contributed by atoms with van der Waals surface area (Å²) in [6.45, 7) is 7.75. The average Bonchev–Trinajstić information content (AvgIpc) is 3.44. The number of para-hydroxylation sites is 1. The first-order chi connectivity index (χ1) is 13.1. The van der Waals surface area contributed by atoms with Gasteiger partial charge in [0.05, 0.1) is 0 Å². The molecule has 2 aromatic carbocycles. The molecule has 2 aromatic rings. The number of carbonyl (C=O) groups excluding carboxylic acids is 3. The van der Waals surface area contributed by atoms with Gasteiger partial charge in [-0.15, -0.1) is 0 Å². The molecule has 0 radical (unpaired) electrons. The lowest BCUT2D eigenvalue weighted by Crippen LogP contribution is -2.36. The number of carbonyl (C=O) groups is 3. The van der Waals surface area contributed by atoms with E-state index in [9.17, 15) is 14.4 Å². The summed E-state index contributed by atoms with van der Waals surface area (Å²) in [5.74, 6) is -0.621. The minimum Gasteiger partial charge on any atom is -0.325 e. The third-order valence-corrected chi connectivity index (χ3v) is 5.15. The molecule has 0 spiro atoms. The van der Waals surface area contributed by atoms with E-state index in [0.29, 0.717) is 24.1 Å². The highest BCUT2D eigenvalue weighted by Crippen LogP contribution is 2.48. The molecule has 1 fully saturated rings. The lowest BCUT2D eigenvalue weighted by atomic mass is 9.85. The van der Waals surface area contributed by atoms with E-state index in [1.807, 2.05) is 24.3 Å². The summed E-state index contributed by atoms with van der Waals surface area (Å²) < 4.78 is 0. The summed E-state index contributed by atoms with van der Waals surface area (Å²) in [6, 6.07) is 14.4. The zero-order chi connectivity index (χ0) is 20.5. The first-order valence-electron chi connectivity index (χ1n) is 9.47. The molecule has 1 saturated carbocycles. The van der Waals surface area contributed by atoms with Crippen molar-refractivity contribution in [2.24, 2.45) is 5.41 Å². The number of ketones is 1. The van der Waals surface area contributed by atoms with Gasteiger partial charge in [-0.3, -0.25) is 14.4 Å². The number of hydrogen-bond donors (Lipinski definition) is 2. The van der Waals surface area contributed by atoms with Gasteiger partial charge in [-0.1, -0.05) is 39.0 Å². The average molecular weight is 378 g/mol. The largest absolute Gasteiger partial charge is 0.325 e. The van der Waals surface area contributed by atoms with E-state index >= 15 is 0 Å². The molecule has 0 atom stereocenters. The normalized spacial score (nSPS) is 14.9. The van der Waals surface area contributed by atoms with E-state index < -0.39 is 5.41 Å². The predicted octanol–water partition coefficient (Wildman–Crippen LogP) is 4.54. The fourth-order valence-corrected chi connectivity index (χ4v) is 3.21. The number of Topliss-reactive ketones (excluding diaryl/α,β-unsaturated/α-hetero) is 1. The van der Waals surface area contributed by atoms with Crippen molar-refractivity contribution in [3.8, 4) is 0 Å². The zero-order valence-corrected chi connectivity index (χ0v) is 16.8. The van der Waals surface area contributed by atoms with Crippen LogP contribution in [0.15, 0.2) is 48.5 Å². The number of anilines is 2. The zero-order valence-electron chi connectivity index (χ0n) is 16.8. The molecule has 3 rings (SSSR count). The summed E-state index contributed by atoms with van der Waals surface area (Å²) in [6.07, 6.45) is 1.04. The van der Waals surface area contributed by atoms with Gasteiger partial charge in [0.25, 0.3) is 0 Å². The van der Waals surface area contributed by atoms with Crippen LogP contribution in [-0.4, -0.2) is 17.6 Å². The van der Waals surface area contributed by atoms with Crippen LogP contribution < -0.4 is 10.6 Å². The van der Waals surface area contributed by atoms with Gasteiger partial charge in [0.1, 0.15) is 5.41 Å². The highest BCUT2D eigenvalue weighted by atomic mass is 16.2. The maximum atomic E-state index is 12.9. The number of rotatable bonds is 5. The first kappa shape index (κ1) is 19.8. The molecule has 2 N–H and O–H groups in total. The molecule has 1 aliphatic carbocycles. The third kappa shape index (κ3) is 3.98. The summed E-state index contributed by atoms with van der Waals surface area (Å²) in [7, 11) is 0. The van der Waals surface area contributed by atoms with Gasteiger partial charge in [0, 0.05) is 16.9 Å². The van der Waals surface area contributed by atoms with E-state index in [-0.39, 0.29) is 23.0 Å². The molecule has 0 heterocycles. The van der Waals surface area contributed by atoms with Crippen molar-refractivity contribution >= 4 is 29.0 Å². The lowest BCUT2D eigenvalue weighted by Gasteiger charge is -2.24. The number of nitrogens with one attached hydrogen (secondary N) is 2. The fourth-order valence-electron chi connectivity index (χ4n) is 3.21. The molecular weight excluding hydrogens is 352 g/mol. The second-order valence-corrected chi connectivity index (χ2v) is 8.42. The molecular formula is C23H26N2O3. The maximum absolute atomic E-state index is 12.9. The summed E-state index contributed by atoms with van der Waals surface area (Å²) in [5.41, 5.74) is 1.76. The van der Waals surface area contributed by atoms with Crippen molar-refractivity contribution in [3.05, 3.63) is 59.7 Å². The van der Waals surface area contributed by atoms with Crippen LogP contribution in [0.1, 0.15) is 56.5 Å². The Kier molecular flexibility index (Phi) is 5.11. The van der Waals surface area contributed by atoms with Gasteiger partial charge in [0.2, 0.25) is 11.8 Å². The first-order valence-corrected chi connectivity index (χ1v) is 9.47. The van der Waals surface area contributed by atoms with Gasteiger partial charge < -0.3 is 10.6 Å². The van der Waals surface area contributed by atoms with Crippen molar-refractivity contribution in [2.45, 2.75) is 46.0 Å². The third-order valence-electron chi connectivity index (χ3n) is 5.15. The molecule has 5 heteroatoms. The van der Waals surface area contributed by atoms with Crippen LogP contribution in [0.5, 0.6) is 0 Å². The second-order valence-electron chi connectivity index (χ2n) is 8.42. The molecule has 0 bridgehead atoms. The van der Waals surface area contributed by atoms with Crippen molar-refractivity contribution in [2.75, 3.05) is 10.6 Å². The highest BCUT2D eigenvalue weighted by molar-refractivity contribution is 6.17. The molecule has 0 saturated heterocycles. The number of benzene rings is 2. The van der Waals surface area contributed by atoms with Crippen molar-refractivity contribution < 1.29 is 14.4 Å². The van der Waals surface area contributed by atoms with Gasteiger partial charge in [-0.2, -0.15) is 0 Å². The molecule has 146 valence electrons. The van der Waals surface area contributed by atoms with Crippen LogP contribution in [0.4, 0.5) is 11.4 Å². The minimum atomic E-state index is -1.04. The Morgan fingerprint density at radius 1 is 0.857 bits per heavy atom. The Morgan fingerprint density at radius 3 is 1.96 bits per heavy atom. The lowest BCUT2D eigenvalue weighted by molar-refractivity contribution is -0.131. The van der Waals surface area contributed by atoms with Crippen LogP contribution in [0.2, 0.25) is 0 Å². The van der Waals surface area contributed by atoms with Crippen LogP contribution >= 0.6 is 0 Å². The maximum Gasteiger partial charge on any atom is 0.240 e. The van der Waals surface area contributed by atoms with Crippen LogP contribution in [0.25, 0.3) is 0 Å². The quantitative estimate of drug-likeness (QED) is 0.592. The summed E-state index contributed by atoms with van der Waals surface area (Å²) >= 11 is 0. The van der Waals surface area contributed by atoms with Crippen LogP contribution in [0.3, 0.4) is 0 Å². The van der Waals surface area contributed by atoms with Gasteiger partial charge in [-0.05, 0) is 61.1 Å². The number of amides is 2. The summed E-state index contributed by atoms with van der Waals surface area (Å²) in [5, 5.41) is 5.78. The smallest absolute Gasteiger partial charge is 0.240 e. The molecule has 0 aliphatic heterocycles.